The lowest BCUT2D eigenvalue weighted by atomic mass is 9.97. The van der Waals surface area contributed by atoms with E-state index in [-0.39, 0.29) is 11.9 Å². The Hall–Kier alpha value is -1.66. The fraction of sp³-hybridized carbons (Fsp3) is 0.467. The van der Waals surface area contributed by atoms with E-state index >= 15 is 0 Å². The van der Waals surface area contributed by atoms with Gasteiger partial charge in [0.2, 0.25) is 0 Å². The lowest BCUT2D eigenvalue weighted by Gasteiger charge is -2.30. The SMILES string of the molecule is COC(=O)C1CCN(Cc2sccc2C=CC(=O)O)CC1. The van der Waals surface area contributed by atoms with Crippen LogP contribution in [0.5, 0.6) is 0 Å². The maximum absolute atomic E-state index is 11.5. The van der Waals surface area contributed by atoms with Crippen LogP contribution in [-0.4, -0.2) is 42.1 Å². The molecule has 21 heavy (non-hydrogen) atoms. The molecule has 2 heterocycles. The van der Waals surface area contributed by atoms with Gasteiger partial charge in [-0.05, 0) is 49.0 Å². The van der Waals surface area contributed by atoms with Crippen LogP contribution in [0.2, 0.25) is 0 Å². The standard InChI is InChI=1S/C15H19NO4S/c1-20-15(19)12-4-7-16(8-5-12)10-13-11(6-9-21-13)2-3-14(17)18/h2-3,6,9,12H,4-5,7-8,10H2,1H3,(H,17,18). The number of thiophene rings is 1. The first-order chi connectivity index (χ1) is 10.1. The highest BCUT2D eigenvalue weighted by molar-refractivity contribution is 7.10. The highest BCUT2D eigenvalue weighted by atomic mass is 32.1. The van der Waals surface area contributed by atoms with Gasteiger partial charge in [0.25, 0.3) is 0 Å². The van der Waals surface area contributed by atoms with Crippen molar-refractivity contribution in [2.24, 2.45) is 5.92 Å². The third-order valence-corrected chi connectivity index (χ3v) is 4.60. The molecule has 1 aliphatic heterocycles. The lowest BCUT2D eigenvalue weighted by molar-refractivity contribution is -0.147. The van der Waals surface area contributed by atoms with E-state index in [0.717, 1.165) is 49.0 Å². The molecule has 1 fully saturated rings. The van der Waals surface area contributed by atoms with Crippen molar-refractivity contribution in [2.75, 3.05) is 20.2 Å². The molecule has 0 unspecified atom stereocenters. The molecule has 1 aliphatic rings. The summed E-state index contributed by atoms with van der Waals surface area (Å²) in [6.07, 6.45) is 4.43. The number of carbonyl (C=O) groups is 2. The largest absolute Gasteiger partial charge is 0.478 e. The van der Waals surface area contributed by atoms with Gasteiger partial charge in [-0.1, -0.05) is 0 Å². The quantitative estimate of drug-likeness (QED) is 0.667. The summed E-state index contributed by atoms with van der Waals surface area (Å²) in [4.78, 5) is 25.5. The van der Waals surface area contributed by atoms with E-state index in [0.29, 0.717) is 0 Å². The van der Waals surface area contributed by atoms with E-state index in [1.807, 2.05) is 11.4 Å². The molecule has 0 spiro atoms. The molecule has 5 nitrogen and oxygen atoms in total. The van der Waals surface area contributed by atoms with Crippen LogP contribution < -0.4 is 0 Å². The van der Waals surface area contributed by atoms with Crippen LogP contribution in [-0.2, 0) is 20.9 Å². The number of carboxylic acids is 1. The number of esters is 1. The smallest absolute Gasteiger partial charge is 0.328 e. The van der Waals surface area contributed by atoms with Crippen LogP contribution in [0.25, 0.3) is 6.08 Å². The van der Waals surface area contributed by atoms with Crippen LogP contribution in [0.4, 0.5) is 0 Å². The van der Waals surface area contributed by atoms with E-state index < -0.39 is 5.97 Å². The van der Waals surface area contributed by atoms with E-state index in [4.69, 9.17) is 9.84 Å². The molecule has 0 aliphatic carbocycles. The van der Waals surface area contributed by atoms with E-state index in [9.17, 15) is 9.59 Å². The molecule has 1 N–H and O–H groups in total. The third kappa shape index (κ3) is 4.41. The Labute approximate surface area is 127 Å². The molecule has 0 aromatic carbocycles. The van der Waals surface area contributed by atoms with Crippen molar-refractivity contribution in [3.05, 3.63) is 28.0 Å². The van der Waals surface area contributed by atoms with Gasteiger partial charge in [0.15, 0.2) is 0 Å². The van der Waals surface area contributed by atoms with Gasteiger partial charge < -0.3 is 9.84 Å². The third-order valence-electron chi connectivity index (χ3n) is 3.67. The molecule has 1 aromatic rings. The number of hydrogen-bond donors (Lipinski definition) is 1. The molecule has 6 heteroatoms. The Morgan fingerprint density at radius 3 is 2.81 bits per heavy atom. The summed E-state index contributed by atoms with van der Waals surface area (Å²) >= 11 is 1.63. The molecule has 0 saturated carbocycles. The number of carboxylic acid groups (broad SMARTS) is 1. The lowest BCUT2D eigenvalue weighted by Crippen LogP contribution is -2.36. The normalized spacial score (nSPS) is 17.2. The van der Waals surface area contributed by atoms with Crippen molar-refractivity contribution in [1.29, 1.82) is 0 Å². The average molecular weight is 309 g/mol. The maximum Gasteiger partial charge on any atom is 0.328 e. The van der Waals surface area contributed by atoms with E-state index in [1.165, 1.54) is 7.11 Å². The summed E-state index contributed by atoms with van der Waals surface area (Å²) < 4.78 is 4.78. The number of carbonyl (C=O) groups excluding carboxylic acids is 1. The van der Waals surface area contributed by atoms with Gasteiger partial charge in [-0.25, -0.2) is 4.79 Å². The molecular formula is C15H19NO4S. The van der Waals surface area contributed by atoms with Crippen molar-refractivity contribution >= 4 is 29.4 Å². The number of hydrogen-bond acceptors (Lipinski definition) is 5. The predicted octanol–water partition coefficient (Wildman–Crippen LogP) is 2.23. The summed E-state index contributed by atoms with van der Waals surface area (Å²) in [5.41, 5.74) is 0.956. The van der Waals surface area contributed by atoms with Crippen molar-refractivity contribution < 1.29 is 19.4 Å². The second kappa shape index (κ2) is 7.38. The fourth-order valence-electron chi connectivity index (χ4n) is 2.49. The molecule has 0 radical (unpaired) electrons. The zero-order chi connectivity index (χ0) is 15.2. The number of likely N-dealkylation sites (tertiary alicyclic amines) is 1. The van der Waals surface area contributed by atoms with Gasteiger partial charge >= 0.3 is 11.9 Å². The van der Waals surface area contributed by atoms with E-state index in [2.05, 4.69) is 4.90 Å². The van der Waals surface area contributed by atoms with Crippen molar-refractivity contribution in [3.8, 4) is 0 Å². The zero-order valence-electron chi connectivity index (χ0n) is 11.9. The summed E-state index contributed by atoms with van der Waals surface area (Å²) in [7, 11) is 1.43. The first-order valence-corrected chi connectivity index (χ1v) is 7.75. The van der Waals surface area contributed by atoms with Crippen LogP contribution in [0.1, 0.15) is 23.3 Å². The molecular weight excluding hydrogens is 290 g/mol. The maximum atomic E-state index is 11.5. The summed E-state index contributed by atoms with van der Waals surface area (Å²) in [6.45, 7) is 2.52. The van der Waals surface area contributed by atoms with Crippen molar-refractivity contribution in [1.82, 2.24) is 4.90 Å². The minimum absolute atomic E-state index is 0.0148. The summed E-state index contributed by atoms with van der Waals surface area (Å²) in [5.74, 6) is -1.04. The molecule has 1 saturated heterocycles. The molecule has 0 bridgehead atoms. The van der Waals surface area contributed by atoms with Gasteiger partial charge in [-0.2, -0.15) is 0 Å². The van der Waals surface area contributed by atoms with Crippen molar-refractivity contribution in [3.63, 3.8) is 0 Å². The fourth-order valence-corrected chi connectivity index (χ4v) is 3.39. The number of piperidine rings is 1. The minimum Gasteiger partial charge on any atom is -0.478 e. The second-order valence-electron chi connectivity index (χ2n) is 5.04. The van der Waals surface area contributed by atoms with Gasteiger partial charge in [0, 0.05) is 17.5 Å². The Kier molecular flexibility index (Phi) is 5.52. The molecule has 0 atom stereocenters. The number of nitrogens with zero attached hydrogens (tertiary/aromatic N) is 1. The number of ether oxygens (including phenoxy) is 1. The van der Waals surface area contributed by atoms with Crippen molar-refractivity contribution in [2.45, 2.75) is 19.4 Å². The topological polar surface area (TPSA) is 66.8 Å². The number of aliphatic carboxylic acids is 1. The Morgan fingerprint density at radius 1 is 1.48 bits per heavy atom. The Bertz CT molecular complexity index is 530. The molecule has 0 amide bonds. The Balaban J connectivity index is 1.91. The van der Waals surface area contributed by atoms with Crippen LogP contribution in [0.15, 0.2) is 17.5 Å². The number of rotatable bonds is 5. The van der Waals surface area contributed by atoms with Gasteiger partial charge in [-0.15, -0.1) is 11.3 Å². The highest BCUT2D eigenvalue weighted by Gasteiger charge is 2.25. The number of methoxy groups -OCH3 is 1. The minimum atomic E-state index is -0.939. The molecule has 1 aromatic heterocycles. The first-order valence-electron chi connectivity index (χ1n) is 6.87. The second-order valence-corrected chi connectivity index (χ2v) is 6.04. The Morgan fingerprint density at radius 2 is 2.19 bits per heavy atom. The van der Waals surface area contributed by atoms with Crippen LogP contribution in [0.3, 0.4) is 0 Å². The zero-order valence-corrected chi connectivity index (χ0v) is 12.8. The summed E-state index contributed by atoms with van der Waals surface area (Å²) in [6, 6.07) is 1.93. The van der Waals surface area contributed by atoms with Gasteiger partial charge in [0.05, 0.1) is 13.0 Å². The summed E-state index contributed by atoms with van der Waals surface area (Å²) in [5, 5.41) is 10.7. The molecule has 2 rings (SSSR count). The van der Waals surface area contributed by atoms with Gasteiger partial charge in [-0.3, -0.25) is 9.69 Å². The monoisotopic (exact) mass is 309 g/mol. The highest BCUT2D eigenvalue weighted by Crippen LogP contribution is 2.24. The van der Waals surface area contributed by atoms with Crippen LogP contribution >= 0.6 is 11.3 Å². The molecule has 114 valence electrons. The van der Waals surface area contributed by atoms with E-state index in [1.54, 1.807) is 17.4 Å². The average Bonchev–Trinajstić information content (AvgIpc) is 2.92. The predicted molar refractivity (Wildman–Crippen MR) is 81.0 cm³/mol. The van der Waals surface area contributed by atoms with Gasteiger partial charge in [0.1, 0.15) is 0 Å². The first kappa shape index (κ1) is 15.7. The van der Waals surface area contributed by atoms with Crippen LogP contribution in [0, 0.1) is 5.92 Å².